The molecule has 3 aromatic rings. The Balaban J connectivity index is 1.79. The van der Waals surface area contributed by atoms with Gasteiger partial charge in [-0.15, -0.1) is 0 Å². The number of rotatable bonds is 3. The molecule has 1 unspecified atom stereocenters. The molecule has 9 heteroatoms. The van der Waals surface area contributed by atoms with Crippen LogP contribution in [0.1, 0.15) is 18.5 Å². The molecule has 2 aromatic carbocycles. The molecule has 2 N–H and O–H groups in total. The van der Waals surface area contributed by atoms with E-state index in [9.17, 15) is 4.79 Å². The van der Waals surface area contributed by atoms with Crippen LogP contribution in [0.4, 0.5) is 11.6 Å². The van der Waals surface area contributed by atoms with Crippen LogP contribution in [-0.2, 0) is 4.79 Å². The van der Waals surface area contributed by atoms with Crippen LogP contribution in [-0.4, -0.2) is 26.1 Å². The summed E-state index contributed by atoms with van der Waals surface area (Å²) in [4.78, 5) is 13.1. The van der Waals surface area contributed by atoms with E-state index >= 15 is 0 Å². The van der Waals surface area contributed by atoms with Crippen LogP contribution in [0.15, 0.2) is 59.8 Å². The van der Waals surface area contributed by atoms with E-state index in [1.165, 1.54) is 0 Å². The number of amides is 1. The Kier molecular flexibility index (Phi) is 4.55. The van der Waals surface area contributed by atoms with Gasteiger partial charge in [-0.1, -0.05) is 52.6 Å². The number of carbonyl (C=O) groups is 1. The van der Waals surface area contributed by atoms with Gasteiger partial charge in [-0.2, -0.15) is 4.68 Å². The van der Waals surface area contributed by atoms with Crippen molar-refractivity contribution in [3.05, 3.63) is 75.4 Å². The maximum absolute atomic E-state index is 13.1. The van der Waals surface area contributed by atoms with Crippen LogP contribution < -0.4 is 10.6 Å². The van der Waals surface area contributed by atoms with Gasteiger partial charge in [0.25, 0.3) is 5.91 Å². The van der Waals surface area contributed by atoms with Crippen LogP contribution in [0.3, 0.4) is 0 Å². The average molecular weight is 401 g/mol. The molecule has 2 heterocycles. The molecule has 1 aromatic heterocycles. The zero-order valence-corrected chi connectivity index (χ0v) is 15.7. The maximum atomic E-state index is 13.1. The van der Waals surface area contributed by atoms with Crippen molar-refractivity contribution in [1.29, 1.82) is 0 Å². The van der Waals surface area contributed by atoms with Gasteiger partial charge in [0, 0.05) is 11.4 Å². The molecule has 0 bridgehead atoms. The van der Waals surface area contributed by atoms with Gasteiger partial charge in [0.2, 0.25) is 5.95 Å². The van der Waals surface area contributed by atoms with Crippen molar-refractivity contribution in [3.63, 3.8) is 0 Å². The lowest BCUT2D eigenvalue weighted by molar-refractivity contribution is -0.113. The van der Waals surface area contributed by atoms with E-state index in [1.807, 2.05) is 37.3 Å². The first-order valence-corrected chi connectivity index (χ1v) is 8.87. The molecule has 27 heavy (non-hydrogen) atoms. The van der Waals surface area contributed by atoms with Crippen molar-refractivity contribution >= 4 is 40.7 Å². The molecule has 4 rings (SSSR count). The molecular weight excluding hydrogens is 387 g/mol. The highest BCUT2D eigenvalue weighted by molar-refractivity contribution is 6.42. The highest BCUT2D eigenvalue weighted by Gasteiger charge is 2.34. The highest BCUT2D eigenvalue weighted by atomic mass is 35.5. The summed E-state index contributed by atoms with van der Waals surface area (Å²) in [7, 11) is 0. The van der Waals surface area contributed by atoms with Gasteiger partial charge in [0.1, 0.15) is 6.04 Å². The second-order valence-corrected chi connectivity index (χ2v) is 6.82. The Labute approximate surface area is 165 Å². The molecule has 136 valence electrons. The molecule has 1 atom stereocenters. The molecule has 0 aliphatic carbocycles. The Morgan fingerprint density at radius 2 is 1.93 bits per heavy atom. The lowest BCUT2D eigenvalue weighted by Crippen LogP contribution is -2.31. The lowest BCUT2D eigenvalue weighted by Gasteiger charge is -2.28. The fourth-order valence-electron chi connectivity index (χ4n) is 3.02. The number of tetrazole rings is 1. The minimum Gasteiger partial charge on any atom is -0.326 e. The fourth-order valence-corrected chi connectivity index (χ4v) is 3.32. The Hall–Kier alpha value is -2.90. The second kappa shape index (κ2) is 7.02. The third-order valence-corrected chi connectivity index (χ3v) is 4.99. The molecule has 0 fully saturated rings. The average Bonchev–Trinajstić information content (AvgIpc) is 3.11. The Bertz CT molecular complexity index is 1050. The van der Waals surface area contributed by atoms with Crippen LogP contribution in [0.5, 0.6) is 0 Å². The Morgan fingerprint density at radius 1 is 1.15 bits per heavy atom. The summed E-state index contributed by atoms with van der Waals surface area (Å²) in [5.74, 6) is 0.184. The van der Waals surface area contributed by atoms with Gasteiger partial charge in [0.15, 0.2) is 0 Å². The summed E-state index contributed by atoms with van der Waals surface area (Å²) < 4.78 is 1.55. The van der Waals surface area contributed by atoms with Crippen LogP contribution in [0.25, 0.3) is 0 Å². The molecule has 0 saturated carbocycles. The van der Waals surface area contributed by atoms with Crippen LogP contribution in [0, 0.1) is 0 Å². The van der Waals surface area contributed by atoms with Gasteiger partial charge >= 0.3 is 0 Å². The summed E-state index contributed by atoms with van der Waals surface area (Å²) in [6.07, 6.45) is 0. The molecule has 1 amide bonds. The van der Waals surface area contributed by atoms with Gasteiger partial charge in [-0.05, 0) is 47.2 Å². The number of hydrogen-bond acceptors (Lipinski definition) is 5. The maximum Gasteiger partial charge on any atom is 0.255 e. The van der Waals surface area contributed by atoms with E-state index in [0.717, 1.165) is 5.56 Å². The zero-order valence-electron chi connectivity index (χ0n) is 14.1. The smallest absolute Gasteiger partial charge is 0.255 e. The molecule has 1 aliphatic rings. The molecule has 7 nitrogen and oxygen atoms in total. The van der Waals surface area contributed by atoms with E-state index in [4.69, 9.17) is 23.2 Å². The number of fused-ring (bicyclic) bond motifs is 1. The minimum atomic E-state index is -0.547. The second-order valence-electron chi connectivity index (χ2n) is 6.01. The van der Waals surface area contributed by atoms with E-state index in [1.54, 1.807) is 22.9 Å². The van der Waals surface area contributed by atoms with E-state index < -0.39 is 6.04 Å². The van der Waals surface area contributed by atoms with Crippen molar-refractivity contribution < 1.29 is 4.79 Å². The summed E-state index contributed by atoms with van der Waals surface area (Å²) in [5, 5.41) is 18.5. The van der Waals surface area contributed by atoms with Gasteiger partial charge in [-0.25, -0.2) is 0 Å². The van der Waals surface area contributed by atoms with Gasteiger partial charge in [0.05, 0.1) is 15.6 Å². The van der Waals surface area contributed by atoms with E-state index in [-0.39, 0.29) is 5.91 Å². The predicted octanol–water partition coefficient (Wildman–Crippen LogP) is 3.91. The summed E-state index contributed by atoms with van der Waals surface area (Å²) in [6.45, 7) is 1.81. The number of nitrogens with one attached hydrogen (secondary N) is 2. The number of benzene rings is 2. The predicted molar refractivity (Wildman–Crippen MR) is 104 cm³/mol. The van der Waals surface area contributed by atoms with Crippen LogP contribution >= 0.6 is 23.2 Å². The highest BCUT2D eigenvalue weighted by Crippen LogP contribution is 2.37. The molecule has 0 radical (unpaired) electrons. The first kappa shape index (κ1) is 17.5. The van der Waals surface area contributed by atoms with Crippen molar-refractivity contribution in [2.75, 3.05) is 10.6 Å². The van der Waals surface area contributed by atoms with E-state index in [0.29, 0.717) is 33.0 Å². The summed E-state index contributed by atoms with van der Waals surface area (Å²) in [5.41, 5.74) is 2.58. The number of nitrogens with zero attached hydrogens (tertiary/aromatic N) is 4. The third kappa shape index (κ3) is 3.27. The molecule has 0 spiro atoms. The number of carbonyl (C=O) groups excluding carboxylic acids is 1. The van der Waals surface area contributed by atoms with Gasteiger partial charge < -0.3 is 10.6 Å². The normalized spacial score (nSPS) is 15.9. The molecule has 1 aliphatic heterocycles. The standard InChI is InChI=1S/C18H14Cl2N6O/c1-10-15(17(27)22-12-5-3-2-4-6-12)16(26-18(21-10)23-24-25-26)11-7-8-13(19)14(20)9-11/h2-9,16H,1H3,(H,22,27)(H,21,23,25). The summed E-state index contributed by atoms with van der Waals surface area (Å²) in [6, 6.07) is 13.9. The molecular formula is C18H14Cl2N6O. The largest absolute Gasteiger partial charge is 0.326 e. The number of aromatic nitrogens is 4. The quantitative estimate of drug-likeness (QED) is 0.695. The topological polar surface area (TPSA) is 84.7 Å². The Morgan fingerprint density at radius 3 is 2.67 bits per heavy atom. The first-order valence-electron chi connectivity index (χ1n) is 8.11. The number of anilines is 2. The van der Waals surface area contributed by atoms with E-state index in [2.05, 4.69) is 26.2 Å². The zero-order chi connectivity index (χ0) is 19.0. The third-order valence-electron chi connectivity index (χ3n) is 4.25. The summed E-state index contributed by atoms with van der Waals surface area (Å²) >= 11 is 12.3. The van der Waals surface area contributed by atoms with Crippen molar-refractivity contribution in [3.8, 4) is 0 Å². The fraction of sp³-hybridized carbons (Fsp3) is 0.111. The monoisotopic (exact) mass is 400 g/mol. The number of halogens is 2. The SMILES string of the molecule is CC1=C(C(=O)Nc2ccccc2)C(c2ccc(Cl)c(Cl)c2)n2nnnc2N1. The number of para-hydroxylation sites is 1. The number of hydrogen-bond donors (Lipinski definition) is 2. The minimum absolute atomic E-state index is 0.261. The van der Waals surface area contributed by atoms with Crippen molar-refractivity contribution in [2.45, 2.75) is 13.0 Å². The lowest BCUT2D eigenvalue weighted by atomic mass is 9.95. The van der Waals surface area contributed by atoms with Crippen molar-refractivity contribution in [1.82, 2.24) is 20.2 Å². The van der Waals surface area contributed by atoms with Crippen molar-refractivity contribution in [2.24, 2.45) is 0 Å². The van der Waals surface area contributed by atoms with Crippen LogP contribution in [0.2, 0.25) is 10.0 Å². The molecule has 0 saturated heterocycles. The van der Waals surface area contributed by atoms with Gasteiger partial charge in [-0.3, -0.25) is 4.79 Å². The first-order chi connectivity index (χ1) is 13.0. The number of allylic oxidation sites excluding steroid dienone is 1.